The number of H-pyrrole nitrogens is 1. The van der Waals surface area contributed by atoms with Crippen molar-refractivity contribution >= 4 is 5.71 Å². The smallest absolute Gasteiger partial charge is 0.114 e. The van der Waals surface area contributed by atoms with Crippen LogP contribution in [-0.2, 0) is 17.7 Å². The number of nitrogens with one attached hydrogen (secondary N) is 1. The molecule has 0 unspecified atom stereocenters. The highest BCUT2D eigenvalue weighted by Crippen LogP contribution is 2.40. The van der Waals surface area contributed by atoms with Crippen molar-refractivity contribution in [2.45, 2.75) is 40.0 Å². The van der Waals surface area contributed by atoms with Gasteiger partial charge < -0.3 is 9.82 Å². The summed E-state index contributed by atoms with van der Waals surface area (Å²) >= 11 is 0. The van der Waals surface area contributed by atoms with Gasteiger partial charge in [-0.25, -0.2) is 0 Å². The van der Waals surface area contributed by atoms with Crippen molar-refractivity contribution in [3.05, 3.63) is 77.2 Å². The second-order valence-corrected chi connectivity index (χ2v) is 8.20. The van der Waals surface area contributed by atoms with Gasteiger partial charge in [0.1, 0.15) is 6.61 Å². The maximum Gasteiger partial charge on any atom is 0.114 e. The van der Waals surface area contributed by atoms with Gasteiger partial charge in [0.15, 0.2) is 0 Å². The lowest BCUT2D eigenvalue weighted by molar-refractivity contribution is 0.156. The van der Waals surface area contributed by atoms with Crippen LogP contribution >= 0.6 is 0 Å². The Hall–Kier alpha value is -2.88. The van der Waals surface area contributed by atoms with Crippen LogP contribution in [0.15, 0.2) is 60.0 Å². The summed E-state index contributed by atoms with van der Waals surface area (Å²) < 4.78 is 0. The van der Waals surface area contributed by atoms with Crippen molar-refractivity contribution in [2.24, 2.45) is 10.6 Å². The van der Waals surface area contributed by atoms with Crippen LogP contribution in [0.25, 0.3) is 11.3 Å². The molecule has 4 nitrogen and oxygen atoms in total. The summed E-state index contributed by atoms with van der Waals surface area (Å²) in [5.41, 5.74) is 8.60. The van der Waals surface area contributed by atoms with Gasteiger partial charge in [0, 0.05) is 41.3 Å². The first-order valence-corrected chi connectivity index (χ1v) is 9.94. The van der Waals surface area contributed by atoms with Crippen LogP contribution < -0.4 is 0 Å². The molecule has 0 aliphatic heterocycles. The van der Waals surface area contributed by atoms with Crippen LogP contribution in [0.1, 0.15) is 49.6 Å². The summed E-state index contributed by atoms with van der Waals surface area (Å²) in [4.78, 5) is 13.4. The topological polar surface area (TPSA) is 50.3 Å². The van der Waals surface area contributed by atoms with E-state index >= 15 is 0 Å². The lowest BCUT2D eigenvalue weighted by atomic mass is 9.74. The third-order valence-corrected chi connectivity index (χ3v) is 5.27. The molecule has 2 aromatic heterocycles. The van der Waals surface area contributed by atoms with Gasteiger partial charge in [0.25, 0.3) is 0 Å². The van der Waals surface area contributed by atoms with Crippen molar-refractivity contribution in [1.29, 1.82) is 0 Å². The second-order valence-electron chi connectivity index (χ2n) is 8.20. The van der Waals surface area contributed by atoms with E-state index in [1.807, 2.05) is 19.3 Å². The lowest BCUT2D eigenvalue weighted by Crippen LogP contribution is -2.28. The first-order valence-electron chi connectivity index (χ1n) is 9.94. The number of rotatable bonds is 5. The summed E-state index contributed by atoms with van der Waals surface area (Å²) in [6.07, 6.45) is 6.47. The first-order chi connectivity index (χ1) is 13.6. The lowest BCUT2D eigenvalue weighted by Gasteiger charge is -2.30. The Balaban J connectivity index is 1.90. The number of oxime groups is 1. The predicted molar refractivity (Wildman–Crippen MR) is 114 cm³/mol. The fourth-order valence-corrected chi connectivity index (χ4v) is 4.12. The summed E-state index contributed by atoms with van der Waals surface area (Å²) in [7, 11) is 0. The predicted octanol–water partition coefficient (Wildman–Crippen LogP) is 5.38. The van der Waals surface area contributed by atoms with Crippen LogP contribution in [0.3, 0.4) is 0 Å². The molecule has 0 bridgehead atoms. The van der Waals surface area contributed by atoms with Crippen molar-refractivity contribution in [3.8, 4) is 11.3 Å². The normalized spacial score (nSPS) is 16.8. The average molecular weight is 374 g/mol. The Bertz CT molecular complexity index is 972. The maximum atomic E-state index is 5.51. The number of fused-ring (bicyclic) bond motifs is 1. The Morgan fingerprint density at radius 3 is 2.54 bits per heavy atom. The van der Waals surface area contributed by atoms with Gasteiger partial charge in [0.05, 0.1) is 5.71 Å². The minimum absolute atomic E-state index is 0.146. The molecule has 0 amide bonds. The summed E-state index contributed by atoms with van der Waals surface area (Å²) in [6.45, 7) is 7.14. The molecular formula is C24H27N3O. The highest BCUT2D eigenvalue weighted by Gasteiger charge is 2.34. The summed E-state index contributed by atoms with van der Waals surface area (Å²) in [5, 5.41) is 4.53. The quantitative estimate of drug-likeness (QED) is 0.610. The van der Waals surface area contributed by atoms with Gasteiger partial charge in [-0.05, 0) is 48.4 Å². The van der Waals surface area contributed by atoms with Crippen LogP contribution in [0.5, 0.6) is 0 Å². The number of hydrogen-bond acceptors (Lipinski definition) is 3. The molecule has 1 aliphatic carbocycles. The zero-order chi connectivity index (χ0) is 19.6. The van der Waals surface area contributed by atoms with E-state index in [4.69, 9.17) is 4.84 Å². The first kappa shape index (κ1) is 18.5. The van der Waals surface area contributed by atoms with E-state index in [1.54, 1.807) is 0 Å². The standard InChI is InChI=1S/C24H27N3O/c1-4-28-27-21-16-24(2,3)15-20-22(21)19(14-17-8-6-5-7-9-17)23(26-20)18-10-12-25-13-11-18/h5-13,26H,4,14-16H2,1-3H3/b27-21+. The molecular weight excluding hydrogens is 346 g/mol. The zero-order valence-corrected chi connectivity index (χ0v) is 16.8. The van der Waals surface area contributed by atoms with Gasteiger partial charge in [-0.3, -0.25) is 4.98 Å². The number of hydrogen-bond donors (Lipinski definition) is 1. The number of pyridine rings is 1. The van der Waals surface area contributed by atoms with Crippen LogP contribution in [0.4, 0.5) is 0 Å². The average Bonchev–Trinajstić information content (AvgIpc) is 3.04. The highest BCUT2D eigenvalue weighted by atomic mass is 16.6. The van der Waals surface area contributed by atoms with E-state index in [-0.39, 0.29) is 5.41 Å². The number of benzene rings is 1. The summed E-state index contributed by atoms with van der Waals surface area (Å²) in [6, 6.07) is 14.7. The van der Waals surface area contributed by atoms with E-state index in [2.05, 4.69) is 71.4 Å². The van der Waals surface area contributed by atoms with Crippen molar-refractivity contribution in [3.63, 3.8) is 0 Å². The third-order valence-electron chi connectivity index (χ3n) is 5.27. The minimum atomic E-state index is 0.146. The molecule has 1 aliphatic rings. The van der Waals surface area contributed by atoms with E-state index in [1.165, 1.54) is 22.4 Å². The molecule has 0 fully saturated rings. The van der Waals surface area contributed by atoms with Gasteiger partial charge in [-0.1, -0.05) is 49.3 Å². The van der Waals surface area contributed by atoms with E-state index in [9.17, 15) is 0 Å². The molecule has 4 heteroatoms. The second kappa shape index (κ2) is 7.63. The van der Waals surface area contributed by atoms with E-state index in [0.717, 1.165) is 36.2 Å². The molecule has 4 rings (SSSR count). The fourth-order valence-electron chi connectivity index (χ4n) is 4.12. The molecule has 2 heterocycles. The monoisotopic (exact) mass is 373 g/mol. The molecule has 0 spiro atoms. The zero-order valence-electron chi connectivity index (χ0n) is 16.8. The molecule has 0 radical (unpaired) electrons. The largest absolute Gasteiger partial charge is 0.396 e. The fraction of sp³-hybridized carbons (Fsp3) is 0.333. The summed E-state index contributed by atoms with van der Waals surface area (Å²) in [5.74, 6) is 0. The Morgan fingerprint density at radius 2 is 1.82 bits per heavy atom. The van der Waals surface area contributed by atoms with Crippen LogP contribution in [0, 0.1) is 5.41 Å². The van der Waals surface area contributed by atoms with E-state index < -0.39 is 0 Å². The highest BCUT2D eigenvalue weighted by molar-refractivity contribution is 6.05. The van der Waals surface area contributed by atoms with Gasteiger partial charge in [0.2, 0.25) is 0 Å². The van der Waals surface area contributed by atoms with Crippen molar-refractivity contribution in [1.82, 2.24) is 9.97 Å². The van der Waals surface area contributed by atoms with Gasteiger partial charge in [-0.15, -0.1) is 0 Å². The molecule has 28 heavy (non-hydrogen) atoms. The number of aromatic amines is 1. The van der Waals surface area contributed by atoms with Gasteiger partial charge >= 0.3 is 0 Å². The van der Waals surface area contributed by atoms with Crippen LogP contribution in [0.2, 0.25) is 0 Å². The molecule has 0 saturated carbocycles. The van der Waals surface area contributed by atoms with Crippen molar-refractivity contribution in [2.75, 3.05) is 6.61 Å². The molecule has 0 atom stereocenters. The van der Waals surface area contributed by atoms with Gasteiger partial charge in [-0.2, -0.15) is 0 Å². The number of nitrogens with zero attached hydrogens (tertiary/aromatic N) is 2. The molecule has 1 N–H and O–H groups in total. The SMILES string of the molecule is CCO/N=C1\CC(C)(C)Cc2[nH]c(-c3ccncc3)c(Cc3ccccc3)c21. The number of aromatic nitrogens is 2. The maximum absolute atomic E-state index is 5.51. The third kappa shape index (κ3) is 3.72. The molecule has 0 saturated heterocycles. The van der Waals surface area contributed by atoms with Crippen LogP contribution in [-0.4, -0.2) is 22.3 Å². The Labute approximate surface area is 166 Å². The van der Waals surface area contributed by atoms with E-state index in [0.29, 0.717) is 6.61 Å². The minimum Gasteiger partial charge on any atom is -0.396 e. The molecule has 3 aromatic rings. The molecule has 144 valence electrons. The molecule has 1 aromatic carbocycles. The Morgan fingerprint density at radius 1 is 1.07 bits per heavy atom. The Kier molecular flexibility index (Phi) is 5.03. The van der Waals surface area contributed by atoms with Crippen molar-refractivity contribution < 1.29 is 4.84 Å².